The van der Waals surface area contributed by atoms with Crippen LogP contribution in [0.4, 0.5) is 5.69 Å². The Hall–Kier alpha value is -5.37. The van der Waals surface area contributed by atoms with Crippen molar-refractivity contribution < 1.29 is 86.0 Å². The lowest BCUT2D eigenvalue weighted by molar-refractivity contribution is -0.228. The van der Waals surface area contributed by atoms with E-state index in [1.165, 1.54) is 19.1 Å². The number of esters is 1. The van der Waals surface area contributed by atoms with Crippen LogP contribution in [-0.2, 0) is 75.7 Å². The van der Waals surface area contributed by atoms with Crippen molar-refractivity contribution in [1.82, 2.24) is 20.4 Å². The molecule has 2 fully saturated rings. The van der Waals surface area contributed by atoms with E-state index in [2.05, 4.69) is 16.0 Å². The summed E-state index contributed by atoms with van der Waals surface area (Å²) in [6.07, 6.45) is -6.62. The first-order valence-corrected chi connectivity index (χ1v) is 22.3. The first-order valence-electron chi connectivity index (χ1n) is 20.7. The van der Waals surface area contributed by atoms with Crippen molar-refractivity contribution in [3.63, 3.8) is 0 Å². The molecular formula is C41H57N5O18S. The van der Waals surface area contributed by atoms with Gasteiger partial charge in [-0.15, -0.1) is 0 Å². The van der Waals surface area contributed by atoms with Gasteiger partial charge in [0.1, 0.15) is 43.0 Å². The lowest BCUT2D eigenvalue weighted by atomic mass is 9.91. The topological polar surface area (TPSA) is 342 Å². The highest BCUT2D eigenvalue weighted by atomic mass is 32.2. The molecule has 2 saturated heterocycles. The molecule has 3 aliphatic heterocycles. The van der Waals surface area contributed by atoms with Crippen LogP contribution < -0.4 is 16.0 Å². The van der Waals surface area contributed by atoms with E-state index in [-0.39, 0.29) is 38.2 Å². The van der Waals surface area contributed by atoms with Crippen molar-refractivity contribution in [2.45, 2.75) is 122 Å². The van der Waals surface area contributed by atoms with Gasteiger partial charge in [-0.1, -0.05) is 19.9 Å². The Balaban J connectivity index is 1.44. The number of likely N-dealkylation sites (tertiary alicyclic amines) is 1. The molecule has 0 radical (unpaired) electrons. The normalized spacial score (nSPS) is 24.5. The number of carboxylic acids is 1. The second-order valence-electron chi connectivity index (χ2n) is 17.4. The van der Waals surface area contributed by atoms with Crippen molar-refractivity contribution in [2.24, 2.45) is 11.3 Å². The molecule has 0 unspecified atom stereocenters. The second-order valence-corrected chi connectivity index (χ2v) is 18.9. The molecule has 0 saturated carbocycles. The Morgan fingerprint density at radius 1 is 0.923 bits per heavy atom. The number of amides is 6. The summed E-state index contributed by atoms with van der Waals surface area (Å²) in [5.41, 5.74) is 0.332. The summed E-state index contributed by atoms with van der Waals surface area (Å²) in [5.74, 6) is -7.97. The second kappa shape index (κ2) is 21.7. The quantitative estimate of drug-likeness (QED) is 0.0304. The zero-order chi connectivity index (χ0) is 48.7. The van der Waals surface area contributed by atoms with Gasteiger partial charge in [-0.2, -0.15) is 8.42 Å². The Morgan fingerprint density at radius 2 is 1.57 bits per heavy atom. The van der Waals surface area contributed by atoms with Gasteiger partial charge in [0, 0.05) is 24.3 Å². The minimum absolute atomic E-state index is 0.0439. The summed E-state index contributed by atoms with van der Waals surface area (Å²) in [5, 5.41) is 48.2. The van der Waals surface area contributed by atoms with Crippen LogP contribution >= 0.6 is 0 Å². The molecule has 65 heavy (non-hydrogen) atoms. The molecule has 1 aromatic carbocycles. The van der Waals surface area contributed by atoms with Gasteiger partial charge in [-0.05, 0) is 69.7 Å². The number of carbonyl (C=O) groups excluding carboxylic acids is 7. The van der Waals surface area contributed by atoms with E-state index >= 15 is 0 Å². The van der Waals surface area contributed by atoms with Gasteiger partial charge in [0.25, 0.3) is 21.9 Å². The van der Waals surface area contributed by atoms with E-state index in [4.69, 9.17) is 18.8 Å². The highest BCUT2D eigenvalue weighted by Gasteiger charge is 2.48. The molecule has 1 aromatic rings. The molecule has 23 nitrogen and oxygen atoms in total. The number of anilines is 1. The maximum Gasteiger partial charge on any atom is 0.335 e. The molecule has 3 aliphatic rings. The standard InChI is InChI=1S/C41H57N5O18S/c1-20(2)31(44-28(47)17-45-25(19-62-13-14-65(59,60)61)16-26(38(45)55)46-29(48)11-12-30(46)49)37(54)42-21(3)36(53)43-24-9-7-23(18-63-40(58)41(4,5)6)22(15-24)8-10-27-32(50)33(51)34(52)35(64-27)39(56)57/h7,9,11-12,15,20-21,25-27,31-35,50-52H,8,10,13-14,16-19H2,1-6H3,(H,42,54)(H,43,53)(H,44,47)(H,56,57)(H,59,60,61)/t21-,25-,26+,27-,31-,32-,33+,34-,35-/m0/s1. The van der Waals surface area contributed by atoms with E-state index in [0.717, 1.165) is 22.0 Å². The number of hydrogen-bond acceptors (Lipinski definition) is 16. The molecule has 4 rings (SSSR count). The first kappa shape index (κ1) is 52.3. The van der Waals surface area contributed by atoms with Gasteiger partial charge in [0.2, 0.25) is 23.6 Å². The number of imide groups is 1. The molecule has 3 heterocycles. The van der Waals surface area contributed by atoms with Crippen LogP contribution in [0.3, 0.4) is 0 Å². The third-order valence-electron chi connectivity index (χ3n) is 10.9. The number of rotatable bonds is 20. The van der Waals surface area contributed by atoms with Crippen LogP contribution in [0, 0.1) is 11.3 Å². The molecule has 360 valence electrons. The number of aliphatic carboxylic acids is 1. The highest BCUT2D eigenvalue weighted by molar-refractivity contribution is 7.85. The van der Waals surface area contributed by atoms with E-state index in [0.29, 0.717) is 11.1 Å². The molecule has 0 aromatic heterocycles. The number of hydrogen-bond donors (Lipinski definition) is 8. The SMILES string of the molecule is CC(C)[C@H](NC(=O)CN1C(=O)[C@H](N2C(=O)C=CC2=O)C[C@H]1COCCS(=O)(=O)O)C(=O)N[C@@H](C)C(=O)Nc1ccc(COC(=O)C(C)(C)C)c(CC[C@@H]2O[C@H](C(=O)O)[C@@H](O)[C@H](O)[C@H]2O)c1. The van der Waals surface area contributed by atoms with E-state index < -0.39 is 142 Å². The van der Waals surface area contributed by atoms with Crippen molar-refractivity contribution in [1.29, 1.82) is 0 Å². The van der Waals surface area contributed by atoms with Gasteiger partial charge in [-0.3, -0.25) is 43.0 Å². The third-order valence-corrected chi connectivity index (χ3v) is 11.6. The van der Waals surface area contributed by atoms with Gasteiger partial charge in [-0.25, -0.2) is 4.79 Å². The van der Waals surface area contributed by atoms with Crippen LogP contribution in [0.1, 0.15) is 65.5 Å². The molecular weight excluding hydrogens is 883 g/mol. The zero-order valence-corrected chi connectivity index (χ0v) is 37.5. The van der Waals surface area contributed by atoms with E-state index in [9.17, 15) is 67.2 Å². The number of aliphatic hydroxyl groups is 3. The number of carboxylic acid groups (broad SMARTS) is 1. The van der Waals surface area contributed by atoms with Crippen LogP contribution in [0.15, 0.2) is 30.4 Å². The number of nitrogens with one attached hydrogen (secondary N) is 3. The van der Waals surface area contributed by atoms with Gasteiger partial charge < -0.3 is 55.5 Å². The molecule has 6 amide bonds. The van der Waals surface area contributed by atoms with Gasteiger partial charge in [0.15, 0.2) is 6.10 Å². The lowest BCUT2D eigenvalue weighted by Crippen LogP contribution is -2.59. The fourth-order valence-electron chi connectivity index (χ4n) is 7.20. The predicted octanol–water partition coefficient (Wildman–Crippen LogP) is -1.97. The smallest absolute Gasteiger partial charge is 0.335 e. The number of aryl methyl sites for hydroxylation is 1. The van der Waals surface area contributed by atoms with Gasteiger partial charge >= 0.3 is 11.9 Å². The maximum atomic E-state index is 13.6. The minimum atomic E-state index is -4.38. The highest BCUT2D eigenvalue weighted by Crippen LogP contribution is 2.29. The largest absolute Gasteiger partial charge is 0.479 e. The summed E-state index contributed by atoms with van der Waals surface area (Å²) < 4.78 is 47.6. The maximum absolute atomic E-state index is 13.6. The fourth-order valence-corrected chi connectivity index (χ4v) is 7.53. The zero-order valence-electron chi connectivity index (χ0n) is 36.7. The number of ether oxygens (including phenoxy) is 3. The summed E-state index contributed by atoms with van der Waals surface area (Å²) >= 11 is 0. The Morgan fingerprint density at radius 3 is 2.15 bits per heavy atom. The number of benzene rings is 1. The Bertz CT molecular complexity index is 2120. The van der Waals surface area contributed by atoms with E-state index in [1.54, 1.807) is 40.7 Å². The van der Waals surface area contributed by atoms with Crippen molar-refractivity contribution in [2.75, 3.05) is 30.8 Å². The lowest BCUT2D eigenvalue weighted by Gasteiger charge is -2.39. The average molecular weight is 940 g/mol. The first-order chi connectivity index (χ1) is 30.2. The fraction of sp³-hybridized carbons (Fsp3) is 0.610. The van der Waals surface area contributed by atoms with Crippen molar-refractivity contribution in [3.05, 3.63) is 41.5 Å². The summed E-state index contributed by atoms with van der Waals surface area (Å²) in [7, 11) is -4.38. The van der Waals surface area contributed by atoms with Crippen LogP contribution in [0.2, 0.25) is 0 Å². The summed E-state index contributed by atoms with van der Waals surface area (Å²) in [6.45, 7) is 7.93. The predicted molar refractivity (Wildman–Crippen MR) is 223 cm³/mol. The van der Waals surface area contributed by atoms with Gasteiger partial charge in [0.05, 0.1) is 43.1 Å². The van der Waals surface area contributed by atoms with Crippen LogP contribution in [0.25, 0.3) is 0 Å². The van der Waals surface area contributed by atoms with Crippen molar-refractivity contribution >= 4 is 63.2 Å². The van der Waals surface area contributed by atoms with Crippen LogP contribution in [0.5, 0.6) is 0 Å². The molecule has 8 N–H and O–H groups in total. The monoisotopic (exact) mass is 939 g/mol. The molecule has 0 aliphatic carbocycles. The third kappa shape index (κ3) is 13.8. The summed E-state index contributed by atoms with van der Waals surface area (Å²) in [4.78, 5) is 105. The van der Waals surface area contributed by atoms with Crippen LogP contribution in [-0.4, -0.2) is 171 Å². The molecule has 0 spiro atoms. The molecule has 0 bridgehead atoms. The number of nitrogens with zero attached hydrogens (tertiary/aromatic N) is 2. The van der Waals surface area contributed by atoms with Crippen molar-refractivity contribution in [3.8, 4) is 0 Å². The Labute approximate surface area is 374 Å². The molecule has 9 atom stereocenters. The number of carbonyl (C=O) groups is 8. The molecule has 24 heteroatoms. The Kier molecular flexibility index (Phi) is 17.5. The number of aliphatic hydroxyl groups excluding tert-OH is 3. The average Bonchev–Trinajstić information content (AvgIpc) is 3.70. The minimum Gasteiger partial charge on any atom is -0.479 e. The summed E-state index contributed by atoms with van der Waals surface area (Å²) in [6, 6.07) is -0.0948. The van der Waals surface area contributed by atoms with E-state index in [1.807, 2.05) is 0 Å².